The fourth-order valence-electron chi connectivity index (χ4n) is 1.64. The van der Waals surface area contributed by atoms with E-state index in [1.165, 1.54) is 16.7 Å². The third-order valence-electron chi connectivity index (χ3n) is 2.39. The van der Waals surface area contributed by atoms with E-state index in [4.69, 9.17) is 9.57 Å². The van der Waals surface area contributed by atoms with Crippen molar-refractivity contribution in [2.75, 3.05) is 20.3 Å². The molecule has 0 radical (unpaired) electrons. The van der Waals surface area contributed by atoms with Crippen LogP contribution in [0.2, 0.25) is 0 Å². The summed E-state index contributed by atoms with van der Waals surface area (Å²) in [5, 5.41) is 0. The van der Waals surface area contributed by atoms with E-state index in [0.29, 0.717) is 13.2 Å². The third kappa shape index (κ3) is 4.31. The van der Waals surface area contributed by atoms with Crippen LogP contribution in [0.4, 0.5) is 0 Å². The van der Waals surface area contributed by atoms with Crippen molar-refractivity contribution in [3.63, 3.8) is 0 Å². The minimum absolute atomic E-state index is 0.190. The average Bonchev–Trinajstić information content (AvgIpc) is 2.22. The van der Waals surface area contributed by atoms with Crippen molar-refractivity contribution < 1.29 is 9.57 Å². The highest BCUT2D eigenvalue weighted by Crippen LogP contribution is 2.16. The van der Waals surface area contributed by atoms with Crippen LogP contribution in [0.1, 0.15) is 29.7 Å². The Labute approximate surface area is 97.7 Å². The van der Waals surface area contributed by atoms with Gasteiger partial charge in [-0.1, -0.05) is 29.3 Å². The lowest BCUT2D eigenvalue weighted by Gasteiger charge is -2.15. The number of hydrogen-bond donors (Lipinski definition) is 1. The van der Waals surface area contributed by atoms with Gasteiger partial charge >= 0.3 is 0 Å². The number of rotatable bonds is 6. The number of hydrogen-bond acceptors (Lipinski definition) is 3. The van der Waals surface area contributed by atoms with Gasteiger partial charge in [0.25, 0.3) is 0 Å². The fraction of sp³-hybridized carbons (Fsp3) is 0.538. The zero-order valence-electron chi connectivity index (χ0n) is 10.5. The normalized spacial score (nSPS) is 12.8. The van der Waals surface area contributed by atoms with Gasteiger partial charge in [0.1, 0.15) is 0 Å². The molecule has 1 rings (SSSR count). The summed E-state index contributed by atoms with van der Waals surface area (Å²) in [7, 11) is 1.66. The van der Waals surface area contributed by atoms with Crippen LogP contribution in [0.25, 0.3) is 0 Å². The predicted octanol–water partition coefficient (Wildman–Crippen LogP) is 2.53. The van der Waals surface area contributed by atoms with E-state index in [0.717, 1.165) is 0 Å². The van der Waals surface area contributed by atoms with Crippen LogP contribution in [0.5, 0.6) is 0 Å². The third-order valence-corrected chi connectivity index (χ3v) is 2.39. The molecule has 0 heterocycles. The number of methoxy groups -OCH3 is 1. The number of aryl methyl sites for hydroxylation is 2. The Morgan fingerprint density at radius 3 is 2.31 bits per heavy atom. The lowest BCUT2D eigenvalue weighted by atomic mass is 10.0. The van der Waals surface area contributed by atoms with E-state index < -0.39 is 0 Å². The predicted molar refractivity (Wildman–Crippen MR) is 65.3 cm³/mol. The van der Waals surface area contributed by atoms with Crippen molar-refractivity contribution in [3.8, 4) is 0 Å². The highest BCUT2D eigenvalue weighted by Gasteiger charge is 2.05. The molecule has 1 aromatic rings. The highest BCUT2D eigenvalue weighted by molar-refractivity contribution is 5.30. The Kier molecular flexibility index (Phi) is 5.46. The van der Waals surface area contributed by atoms with Crippen molar-refractivity contribution in [2.45, 2.75) is 26.8 Å². The maximum Gasteiger partial charge on any atom is 0.0916 e. The molecule has 16 heavy (non-hydrogen) atoms. The molecule has 0 bridgehead atoms. The van der Waals surface area contributed by atoms with E-state index in [1.54, 1.807) is 7.11 Å². The molecule has 1 atom stereocenters. The average molecular weight is 223 g/mol. The molecule has 1 unspecified atom stereocenters. The van der Waals surface area contributed by atoms with Gasteiger partial charge in [-0.2, -0.15) is 5.48 Å². The Hall–Kier alpha value is -0.900. The Morgan fingerprint density at radius 2 is 1.75 bits per heavy atom. The van der Waals surface area contributed by atoms with Gasteiger partial charge in [-0.05, 0) is 26.3 Å². The van der Waals surface area contributed by atoms with Gasteiger partial charge in [0.15, 0.2) is 0 Å². The zero-order chi connectivity index (χ0) is 12.0. The monoisotopic (exact) mass is 223 g/mol. The van der Waals surface area contributed by atoms with Crippen LogP contribution in [0.3, 0.4) is 0 Å². The molecule has 0 aliphatic rings. The summed E-state index contributed by atoms with van der Waals surface area (Å²) in [6.45, 7) is 7.46. The van der Waals surface area contributed by atoms with Gasteiger partial charge in [0.05, 0.1) is 19.3 Å². The van der Waals surface area contributed by atoms with Crippen LogP contribution in [-0.2, 0) is 9.57 Å². The Morgan fingerprint density at radius 1 is 1.12 bits per heavy atom. The summed E-state index contributed by atoms with van der Waals surface area (Å²) in [5.41, 5.74) is 6.81. The van der Waals surface area contributed by atoms with Crippen molar-refractivity contribution in [3.05, 3.63) is 34.9 Å². The molecule has 0 saturated carbocycles. The summed E-state index contributed by atoms with van der Waals surface area (Å²) in [4.78, 5) is 5.29. The summed E-state index contributed by atoms with van der Waals surface area (Å²) >= 11 is 0. The van der Waals surface area contributed by atoms with Crippen LogP contribution < -0.4 is 5.48 Å². The molecule has 0 amide bonds. The zero-order valence-corrected chi connectivity index (χ0v) is 10.5. The van der Waals surface area contributed by atoms with E-state index in [1.807, 2.05) is 0 Å². The largest absolute Gasteiger partial charge is 0.382 e. The number of benzene rings is 1. The van der Waals surface area contributed by atoms with Crippen molar-refractivity contribution in [2.24, 2.45) is 0 Å². The highest BCUT2D eigenvalue weighted by atomic mass is 16.7. The first-order valence-corrected chi connectivity index (χ1v) is 5.58. The number of hydroxylamine groups is 1. The first-order chi connectivity index (χ1) is 7.63. The molecule has 3 nitrogen and oxygen atoms in total. The smallest absolute Gasteiger partial charge is 0.0916 e. The topological polar surface area (TPSA) is 30.5 Å². The molecule has 0 aliphatic carbocycles. The van der Waals surface area contributed by atoms with Gasteiger partial charge in [-0.25, -0.2) is 0 Å². The number of nitrogens with one attached hydrogen (secondary N) is 1. The molecular weight excluding hydrogens is 202 g/mol. The first-order valence-electron chi connectivity index (χ1n) is 5.58. The molecular formula is C13H21NO2. The second-order valence-electron chi connectivity index (χ2n) is 4.10. The second-order valence-corrected chi connectivity index (χ2v) is 4.10. The molecule has 0 aromatic heterocycles. The second kappa shape index (κ2) is 6.63. The summed E-state index contributed by atoms with van der Waals surface area (Å²) in [5.74, 6) is 0. The molecule has 0 aliphatic heterocycles. The van der Waals surface area contributed by atoms with Crippen LogP contribution in [-0.4, -0.2) is 20.3 Å². The van der Waals surface area contributed by atoms with Crippen LogP contribution >= 0.6 is 0 Å². The van der Waals surface area contributed by atoms with Gasteiger partial charge in [-0.3, -0.25) is 4.84 Å². The Balaban J connectivity index is 2.48. The van der Waals surface area contributed by atoms with E-state index >= 15 is 0 Å². The summed E-state index contributed by atoms with van der Waals surface area (Å²) < 4.78 is 4.90. The molecule has 3 heteroatoms. The Bertz CT molecular complexity index is 305. The molecule has 90 valence electrons. The molecule has 0 spiro atoms. The molecule has 0 saturated heterocycles. The van der Waals surface area contributed by atoms with Gasteiger partial charge in [0.2, 0.25) is 0 Å². The van der Waals surface area contributed by atoms with E-state index in [2.05, 4.69) is 44.5 Å². The van der Waals surface area contributed by atoms with Crippen molar-refractivity contribution in [1.82, 2.24) is 5.48 Å². The maximum absolute atomic E-state index is 5.29. The SMILES string of the molecule is COCCONC(C)c1cc(C)cc(C)c1. The van der Waals surface area contributed by atoms with E-state index in [-0.39, 0.29) is 6.04 Å². The molecule has 1 N–H and O–H groups in total. The summed E-state index contributed by atoms with van der Waals surface area (Å²) in [6, 6.07) is 6.70. The molecule has 1 aromatic carbocycles. The van der Waals surface area contributed by atoms with Gasteiger partial charge in [0, 0.05) is 7.11 Å². The van der Waals surface area contributed by atoms with Gasteiger partial charge < -0.3 is 4.74 Å². The van der Waals surface area contributed by atoms with Crippen LogP contribution in [0.15, 0.2) is 18.2 Å². The minimum Gasteiger partial charge on any atom is -0.382 e. The van der Waals surface area contributed by atoms with Crippen molar-refractivity contribution in [1.29, 1.82) is 0 Å². The standard InChI is InChI=1S/C13H21NO2/c1-10-7-11(2)9-13(8-10)12(3)14-16-6-5-15-4/h7-9,12,14H,5-6H2,1-4H3. The molecule has 0 fully saturated rings. The van der Waals surface area contributed by atoms with Crippen molar-refractivity contribution >= 4 is 0 Å². The van der Waals surface area contributed by atoms with Gasteiger partial charge in [-0.15, -0.1) is 0 Å². The maximum atomic E-state index is 5.29. The first kappa shape index (κ1) is 13.2. The lowest BCUT2D eigenvalue weighted by Crippen LogP contribution is -2.21. The summed E-state index contributed by atoms with van der Waals surface area (Å²) in [6.07, 6.45) is 0. The minimum atomic E-state index is 0.190. The number of ether oxygens (including phenoxy) is 1. The van der Waals surface area contributed by atoms with E-state index in [9.17, 15) is 0 Å². The fourth-order valence-corrected chi connectivity index (χ4v) is 1.64. The lowest BCUT2D eigenvalue weighted by molar-refractivity contribution is -0.00926. The quantitative estimate of drug-likeness (QED) is 0.594. The van der Waals surface area contributed by atoms with Crippen LogP contribution in [0, 0.1) is 13.8 Å².